The number of aromatic nitrogens is 1. The van der Waals surface area contributed by atoms with Crippen LogP contribution >= 0.6 is 0 Å². The highest BCUT2D eigenvalue weighted by Gasteiger charge is 2.04. The Kier molecular flexibility index (Phi) is 2.15. The molecule has 0 aliphatic heterocycles. The van der Waals surface area contributed by atoms with Crippen molar-refractivity contribution in [2.24, 2.45) is 0 Å². The highest BCUT2D eigenvalue weighted by Crippen LogP contribution is 2.00. The summed E-state index contributed by atoms with van der Waals surface area (Å²) in [4.78, 5) is 11.3. The van der Waals surface area contributed by atoms with Crippen molar-refractivity contribution in [1.82, 2.24) is 4.57 Å². The molecule has 1 heterocycles. The number of rotatable bonds is 1. The van der Waals surface area contributed by atoms with Crippen LogP contribution in [0.2, 0.25) is 0 Å². The maximum Gasteiger partial charge on any atom is 0.274 e. The van der Waals surface area contributed by atoms with E-state index in [1.54, 1.807) is 19.2 Å². The van der Waals surface area contributed by atoms with Crippen molar-refractivity contribution in [3.8, 4) is 6.07 Å². The second-order valence-corrected chi connectivity index (χ2v) is 2.48. The SMILES string of the molecule is CC(C#N)n1cccc(N)c1=O. The molecule has 1 rings (SSSR count). The summed E-state index contributed by atoms with van der Waals surface area (Å²) in [6.07, 6.45) is 1.55. The Bertz CT molecular complexity index is 375. The Labute approximate surface area is 69.8 Å². The van der Waals surface area contributed by atoms with Gasteiger partial charge in [-0.2, -0.15) is 5.26 Å². The smallest absolute Gasteiger partial charge is 0.274 e. The van der Waals surface area contributed by atoms with E-state index < -0.39 is 6.04 Å². The van der Waals surface area contributed by atoms with Gasteiger partial charge in [0.05, 0.1) is 11.8 Å². The molecule has 0 aliphatic rings. The minimum atomic E-state index is -0.471. The summed E-state index contributed by atoms with van der Waals surface area (Å²) in [5.41, 5.74) is 5.22. The number of nitrogens with zero attached hydrogens (tertiary/aromatic N) is 2. The fourth-order valence-electron chi connectivity index (χ4n) is 0.895. The summed E-state index contributed by atoms with van der Waals surface area (Å²) >= 11 is 0. The zero-order chi connectivity index (χ0) is 9.14. The van der Waals surface area contributed by atoms with Crippen molar-refractivity contribution < 1.29 is 0 Å². The normalized spacial score (nSPS) is 12.0. The lowest BCUT2D eigenvalue weighted by molar-refractivity contribution is 0.648. The van der Waals surface area contributed by atoms with Gasteiger partial charge in [-0.1, -0.05) is 0 Å². The molecule has 0 amide bonds. The Balaban J connectivity index is 3.28. The van der Waals surface area contributed by atoms with Gasteiger partial charge < -0.3 is 5.73 Å². The first-order valence-electron chi connectivity index (χ1n) is 3.53. The minimum Gasteiger partial charge on any atom is -0.394 e. The van der Waals surface area contributed by atoms with Crippen LogP contribution in [-0.4, -0.2) is 4.57 Å². The number of hydrogen-bond acceptors (Lipinski definition) is 3. The van der Waals surface area contributed by atoms with Gasteiger partial charge in [-0.05, 0) is 19.1 Å². The lowest BCUT2D eigenvalue weighted by atomic mass is 10.3. The van der Waals surface area contributed by atoms with Crippen molar-refractivity contribution in [3.63, 3.8) is 0 Å². The standard InChI is InChI=1S/C8H9N3O/c1-6(5-9)11-4-2-3-7(10)8(11)12/h2-4,6H,10H2,1H3. The summed E-state index contributed by atoms with van der Waals surface area (Å²) < 4.78 is 1.30. The number of nitrogen functional groups attached to an aromatic ring is 1. The van der Waals surface area contributed by atoms with Crippen LogP contribution < -0.4 is 11.3 Å². The van der Waals surface area contributed by atoms with Gasteiger partial charge in [0.1, 0.15) is 6.04 Å². The van der Waals surface area contributed by atoms with Crippen LogP contribution in [0.25, 0.3) is 0 Å². The van der Waals surface area contributed by atoms with E-state index >= 15 is 0 Å². The molecule has 0 radical (unpaired) electrons. The molecule has 0 fully saturated rings. The first-order valence-corrected chi connectivity index (χ1v) is 3.53. The van der Waals surface area contributed by atoms with Crippen LogP contribution in [0.5, 0.6) is 0 Å². The maximum atomic E-state index is 11.3. The summed E-state index contributed by atoms with van der Waals surface area (Å²) in [6, 6.07) is 4.65. The van der Waals surface area contributed by atoms with E-state index in [1.807, 2.05) is 6.07 Å². The van der Waals surface area contributed by atoms with Gasteiger partial charge in [0, 0.05) is 6.20 Å². The van der Waals surface area contributed by atoms with Crippen LogP contribution in [0.4, 0.5) is 5.69 Å². The van der Waals surface area contributed by atoms with Gasteiger partial charge in [-0.25, -0.2) is 0 Å². The number of pyridine rings is 1. The fourth-order valence-corrected chi connectivity index (χ4v) is 0.895. The van der Waals surface area contributed by atoms with Crippen molar-refractivity contribution in [2.45, 2.75) is 13.0 Å². The molecule has 12 heavy (non-hydrogen) atoms. The van der Waals surface area contributed by atoms with Gasteiger partial charge in [-0.3, -0.25) is 9.36 Å². The quantitative estimate of drug-likeness (QED) is 0.655. The molecular formula is C8H9N3O. The molecule has 1 aromatic rings. The molecule has 62 valence electrons. The molecule has 1 aromatic heterocycles. The number of nitrogens with two attached hydrogens (primary N) is 1. The average Bonchev–Trinajstić information content (AvgIpc) is 2.08. The van der Waals surface area contributed by atoms with Crippen molar-refractivity contribution in [1.29, 1.82) is 5.26 Å². The Morgan fingerprint density at radius 1 is 1.75 bits per heavy atom. The predicted molar refractivity (Wildman–Crippen MR) is 45.4 cm³/mol. The summed E-state index contributed by atoms with van der Waals surface area (Å²) in [5.74, 6) is 0. The van der Waals surface area contributed by atoms with Gasteiger partial charge >= 0.3 is 0 Å². The lowest BCUT2D eigenvalue weighted by Crippen LogP contribution is -2.23. The monoisotopic (exact) mass is 163 g/mol. The van der Waals surface area contributed by atoms with Crippen molar-refractivity contribution >= 4 is 5.69 Å². The molecule has 0 aliphatic carbocycles. The van der Waals surface area contributed by atoms with Gasteiger partial charge in [0.15, 0.2) is 0 Å². The minimum absolute atomic E-state index is 0.166. The first kappa shape index (κ1) is 8.34. The molecule has 0 saturated carbocycles. The molecule has 0 aromatic carbocycles. The molecule has 4 nitrogen and oxygen atoms in total. The van der Waals surface area contributed by atoms with E-state index in [9.17, 15) is 4.79 Å². The number of anilines is 1. The van der Waals surface area contributed by atoms with Crippen molar-refractivity contribution in [3.05, 3.63) is 28.7 Å². The van der Waals surface area contributed by atoms with Gasteiger partial charge in [0.2, 0.25) is 0 Å². The zero-order valence-electron chi connectivity index (χ0n) is 6.69. The van der Waals surface area contributed by atoms with Crippen LogP contribution in [-0.2, 0) is 0 Å². The van der Waals surface area contributed by atoms with Crippen LogP contribution in [0.1, 0.15) is 13.0 Å². The fraction of sp³-hybridized carbons (Fsp3) is 0.250. The molecule has 1 unspecified atom stereocenters. The third-order valence-corrected chi connectivity index (χ3v) is 1.61. The average molecular weight is 163 g/mol. The number of hydrogen-bond donors (Lipinski definition) is 1. The lowest BCUT2D eigenvalue weighted by Gasteiger charge is -2.06. The van der Waals surface area contributed by atoms with Crippen LogP contribution in [0.15, 0.2) is 23.1 Å². The van der Waals surface area contributed by atoms with E-state index in [2.05, 4.69) is 0 Å². The first-order chi connectivity index (χ1) is 5.66. The Morgan fingerprint density at radius 3 is 3.00 bits per heavy atom. The van der Waals surface area contributed by atoms with Crippen molar-refractivity contribution in [2.75, 3.05) is 5.73 Å². The summed E-state index contributed by atoms with van der Waals surface area (Å²) in [5, 5.41) is 8.55. The van der Waals surface area contributed by atoms with Gasteiger partial charge in [-0.15, -0.1) is 0 Å². The number of nitriles is 1. The second-order valence-electron chi connectivity index (χ2n) is 2.48. The Morgan fingerprint density at radius 2 is 2.42 bits per heavy atom. The molecule has 0 spiro atoms. The highest BCUT2D eigenvalue weighted by molar-refractivity contribution is 5.33. The molecular weight excluding hydrogens is 154 g/mol. The maximum absolute atomic E-state index is 11.3. The van der Waals surface area contributed by atoms with E-state index in [0.717, 1.165) is 0 Å². The summed E-state index contributed by atoms with van der Waals surface area (Å²) in [7, 11) is 0. The molecule has 0 saturated heterocycles. The largest absolute Gasteiger partial charge is 0.394 e. The second kappa shape index (κ2) is 3.09. The summed E-state index contributed by atoms with van der Waals surface area (Å²) in [6.45, 7) is 1.64. The van der Waals surface area contributed by atoms with E-state index in [0.29, 0.717) is 0 Å². The van der Waals surface area contributed by atoms with E-state index in [-0.39, 0.29) is 11.2 Å². The molecule has 0 bridgehead atoms. The highest BCUT2D eigenvalue weighted by atomic mass is 16.1. The van der Waals surface area contributed by atoms with E-state index in [4.69, 9.17) is 11.0 Å². The topological polar surface area (TPSA) is 71.8 Å². The van der Waals surface area contributed by atoms with Crippen LogP contribution in [0.3, 0.4) is 0 Å². The zero-order valence-corrected chi connectivity index (χ0v) is 6.69. The third-order valence-electron chi connectivity index (χ3n) is 1.61. The van der Waals surface area contributed by atoms with E-state index in [1.165, 1.54) is 10.6 Å². The molecule has 1 atom stereocenters. The Hall–Kier alpha value is -1.76. The molecule has 4 heteroatoms. The molecule has 2 N–H and O–H groups in total. The van der Waals surface area contributed by atoms with Crippen LogP contribution in [0, 0.1) is 11.3 Å². The van der Waals surface area contributed by atoms with Gasteiger partial charge in [0.25, 0.3) is 5.56 Å². The third kappa shape index (κ3) is 1.30. The predicted octanol–water partition coefficient (Wildman–Crippen LogP) is 0.515.